The van der Waals surface area contributed by atoms with Gasteiger partial charge in [0, 0.05) is 11.8 Å². The summed E-state index contributed by atoms with van der Waals surface area (Å²) in [6.45, 7) is 4.23. The van der Waals surface area contributed by atoms with E-state index < -0.39 is 5.60 Å². The van der Waals surface area contributed by atoms with Crippen LogP contribution in [0.15, 0.2) is 35.5 Å². The first-order valence-electron chi connectivity index (χ1n) is 7.57. The van der Waals surface area contributed by atoms with E-state index in [1.54, 1.807) is 18.3 Å². The summed E-state index contributed by atoms with van der Waals surface area (Å²) in [6.07, 6.45) is 7.29. The third-order valence-corrected chi connectivity index (χ3v) is 4.00. The molecule has 1 N–H and O–H groups in total. The van der Waals surface area contributed by atoms with E-state index >= 15 is 0 Å². The van der Waals surface area contributed by atoms with E-state index in [4.69, 9.17) is 0 Å². The summed E-state index contributed by atoms with van der Waals surface area (Å²) in [7, 11) is 0. The predicted molar refractivity (Wildman–Crippen MR) is 79.2 cm³/mol. The van der Waals surface area contributed by atoms with E-state index in [9.17, 15) is 9.90 Å². The van der Waals surface area contributed by atoms with E-state index in [1.165, 1.54) is 0 Å². The zero-order chi connectivity index (χ0) is 14.6. The van der Waals surface area contributed by atoms with Crippen molar-refractivity contribution in [1.82, 2.24) is 4.98 Å². The lowest BCUT2D eigenvalue weighted by molar-refractivity contribution is -0.136. The molecule has 0 bridgehead atoms. The molecule has 0 amide bonds. The molecule has 1 atom stereocenters. The quantitative estimate of drug-likeness (QED) is 0.826. The summed E-state index contributed by atoms with van der Waals surface area (Å²) < 4.78 is 0. The Labute approximate surface area is 120 Å². The fourth-order valence-corrected chi connectivity index (χ4v) is 2.80. The third-order valence-electron chi connectivity index (χ3n) is 4.00. The van der Waals surface area contributed by atoms with Gasteiger partial charge in [0.15, 0.2) is 5.60 Å². The number of aliphatic hydroxyl groups is 1. The molecule has 0 fully saturated rings. The summed E-state index contributed by atoms with van der Waals surface area (Å²) in [6, 6.07) is 5.35. The zero-order valence-corrected chi connectivity index (χ0v) is 12.4. The van der Waals surface area contributed by atoms with E-state index in [0.717, 1.165) is 49.7 Å². The van der Waals surface area contributed by atoms with Gasteiger partial charge in [-0.25, -0.2) is 0 Å². The highest BCUT2D eigenvalue weighted by Gasteiger charge is 2.53. The Hall–Kier alpha value is -1.48. The fraction of sp³-hybridized carbons (Fsp3) is 0.529. The van der Waals surface area contributed by atoms with Crippen LogP contribution >= 0.6 is 0 Å². The number of carbonyl (C=O) groups excluding carboxylic acids is 1. The molecule has 0 aliphatic heterocycles. The van der Waals surface area contributed by atoms with E-state index in [0.29, 0.717) is 5.69 Å². The Bertz CT molecular complexity index is 507. The van der Waals surface area contributed by atoms with Gasteiger partial charge >= 0.3 is 0 Å². The number of carbonyl (C=O) groups is 1. The number of ketones is 1. The molecule has 0 aromatic carbocycles. The average molecular weight is 273 g/mol. The minimum Gasteiger partial charge on any atom is -0.372 e. The molecule has 1 aliphatic rings. The van der Waals surface area contributed by atoms with Crippen molar-refractivity contribution < 1.29 is 9.90 Å². The van der Waals surface area contributed by atoms with Crippen molar-refractivity contribution in [3.8, 4) is 0 Å². The van der Waals surface area contributed by atoms with Crippen LogP contribution in [0.3, 0.4) is 0 Å². The van der Waals surface area contributed by atoms with Gasteiger partial charge in [0.25, 0.3) is 0 Å². The summed E-state index contributed by atoms with van der Waals surface area (Å²) >= 11 is 0. The molecule has 1 aromatic heterocycles. The zero-order valence-electron chi connectivity index (χ0n) is 12.4. The van der Waals surface area contributed by atoms with E-state index in [2.05, 4.69) is 18.8 Å². The van der Waals surface area contributed by atoms with Gasteiger partial charge in [-0.15, -0.1) is 0 Å². The molecule has 0 saturated carbocycles. The minimum atomic E-state index is -1.46. The van der Waals surface area contributed by atoms with Gasteiger partial charge in [-0.2, -0.15) is 0 Å². The molecule has 1 heterocycles. The van der Waals surface area contributed by atoms with Crippen LogP contribution in [0.1, 0.15) is 58.1 Å². The van der Waals surface area contributed by atoms with E-state index in [1.807, 2.05) is 6.07 Å². The number of unbranched alkanes of at least 4 members (excludes halogenated alkanes) is 2. The summed E-state index contributed by atoms with van der Waals surface area (Å²) in [5.74, 6) is -0.143. The largest absolute Gasteiger partial charge is 0.372 e. The number of hydrogen-bond acceptors (Lipinski definition) is 3. The molecule has 1 aromatic rings. The molecule has 0 saturated heterocycles. The maximum Gasteiger partial charge on any atom is 0.201 e. The maximum absolute atomic E-state index is 12.4. The second-order valence-corrected chi connectivity index (χ2v) is 5.42. The smallest absolute Gasteiger partial charge is 0.201 e. The van der Waals surface area contributed by atoms with Crippen LogP contribution in [0, 0.1) is 0 Å². The van der Waals surface area contributed by atoms with Crippen molar-refractivity contribution in [3.05, 3.63) is 41.2 Å². The Kier molecular flexibility index (Phi) is 4.71. The van der Waals surface area contributed by atoms with Crippen LogP contribution in [0.5, 0.6) is 0 Å². The second kappa shape index (κ2) is 6.31. The summed E-state index contributed by atoms with van der Waals surface area (Å²) in [5.41, 5.74) is 0.751. The minimum absolute atomic E-state index is 0.143. The normalized spacial score (nSPS) is 22.1. The lowest BCUT2D eigenvalue weighted by Gasteiger charge is -2.40. The van der Waals surface area contributed by atoms with Crippen molar-refractivity contribution >= 4 is 5.78 Å². The highest BCUT2D eigenvalue weighted by molar-refractivity contribution is 6.12. The molecule has 20 heavy (non-hydrogen) atoms. The standard InChI is InChI=1S/C17H23NO2/c1-3-5-9-13-14(10-6-4-2)17(20,16(13)19)15-11-7-8-12-18-15/h7-8,11-12,20H,3-6,9-10H2,1-2H3. The molecular weight excluding hydrogens is 250 g/mol. The SMILES string of the molecule is CCCCC1=C(CCCC)C(O)(c2ccccn2)C1=O. The first-order valence-corrected chi connectivity index (χ1v) is 7.57. The predicted octanol–water partition coefficient (Wildman–Crippen LogP) is 3.53. The Morgan fingerprint density at radius 1 is 1.15 bits per heavy atom. The first kappa shape index (κ1) is 14.9. The molecule has 3 heteroatoms. The lowest BCUT2D eigenvalue weighted by atomic mass is 9.66. The molecule has 0 radical (unpaired) electrons. The molecule has 108 valence electrons. The number of rotatable bonds is 7. The maximum atomic E-state index is 12.4. The van der Waals surface area contributed by atoms with Crippen molar-refractivity contribution in [3.63, 3.8) is 0 Å². The first-order chi connectivity index (χ1) is 9.66. The Morgan fingerprint density at radius 2 is 1.85 bits per heavy atom. The second-order valence-electron chi connectivity index (χ2n) is 5.42. The summed E-state index contributed by atoms with van der Waals surface area (Å²) in [4.78, 5) is 16.6. The van der Waals surface area contributed by atoms with E-state index in [-0.39, 0.29) is 5.78 Å². The van der Waals surface area contributed by atoms with Gasteiger partial charge < -0.3 is 5.11 Å². The van der Waals surface area contributed by atoms with Crippen LogP contribution < -0.4 is 0 Å². The van der Waals surface area contributed by atoms with Gasteiger partial charge in [0.05, 0.1) is 5.69 Å². The van der Waals surface area contributed by atoms with Crippen molar-refractivity contribution in [2.75, 3.05) is 0 Å². The molecular formula is C17H23NO2. The number of pyridine rings is 1. The number of nitrogens with zero attached hydrogens (tertiary/aromatic N) is 1. The molecule has 0 spiro atoms. The van der Waals surface area contributed by atoms with Crippen LogP contribution in [-0.2, 0) is 10.4 Å². The van der Waals surface area contributed by atoms with Gasteiger partial charge in [-0.1, -0.05) is 32.8 Å². The van der Waals surface area contributed by atoms with Crippen LogP contribution in [0.25, 0.3) is 0 Å². The molecule has 1 aliphatic carbocycles. The Balaban J connectivity index is 2.33. The molecule has 3 nitrogen and oxygen atoms in total. The fourth-order valence-electron chi connectivity index (χ4n) is 2.80. The highest BCUT2D eigenvalue weighted by atomic mass is 16.3. The van der Waals surface area contributed by atoms with Gasteiger partial charge in [0.2, 0.25) is 5.78 Å². The van der Waals surface area contributed by atoms with Gasteiger partial charge in [0.1, 0.15) is 0 Å². The monoisotopic (exact) mass is 273 g/mol. The van der Waals surface area contributed by atoms with Crippen LogP contribution in [0.2, 0.25) is 0 Å². The van der Waals surface area contributed by atoms with Crippen molar-refractivity contribution in [2.24, 2.45) is 0 Å². The topological polar surface area (TPSA) is 50.2 Å². The summed E-state index contributed by atoms with van der Waals surface area (Å²) in [5, 5.41) is 10.8. The van der Waals surface area contributed by atoms with Crippen LogP contribution in [0.4, 0.5) is 0 Å². The highest BCUT2D eigenvalue weighted by Crippen LogP contribution is 2.46. The number of aromatic nitrogens is 1. The number of hydrogen-bond donors (Lipinski definition) is 1. The van der Waals surface area contributed by atoms with Gasteiger partial charge in [-0.05, 0) is 43.4 Å². The van der Waals surface area contributed by atoms with Gasteiger partial charge in [-0.3, -0.25) is 9.78 Å². The number of Topliss-reactive ketones (excluding diaryl/α,β-unsaturated/α-hetero) is 1. The van der Waals surface area contributed by atoms with Crippen molar-refractivity contribution in [1.29, 1.82) is 0 Å². The molecule has 2 rings (SSSR count). The average Bonchev–Trinajstić information content (AvgIpc) is 2.50. The van der Waals surface area contributed by atoms with Crippen molar-refractivity contribution in [2.45, 2.75) is 58.0 Å². The molecule has 1 unspecified atom stereocenters. The Morgan fingerprint density at radius 3 is 2.45 bits per heavy atom. The lowest BCUT2D eigenvalue weighted by Crippen LogP contribution is -2.49. The third kappa shape index (κ3) is 2.42. The van der Waals surface area contributed by atoms with Crippen LogP contribution in [-0.4, -0.2) is 15.9 Å².